The Bertz CT molecular complexity index is 483. The number of ether oxygens (including phenoxy) is 3. The highest BCUT2D eigenvalue weighted by molar-refractivity contribution is 5.52. The lowest BCUT2D eigenvalue weighted by Crippen LogP contribution is -2.41. The maximum absolute atomic E-state index is 13.0. The van der Waals surface area contributed by atoms with E-state index in [2.05, 4.69) is 13.8 Å². The highest BCUT2D eigenvalue weighted by Crippen LogP contribution is 2.44. The molecule has 0 spiro atoms. The molecule has 1 atom stereocenters. The molecule has 0 aliphatic carbocycles. The van der Waals surface area contributed by atoms with Gasteiger partial charge in [0.1, 0.15) is 17.2 Å². The van der Waals surface area contributed by atoms with E-state index >= 15 is 0 Å². The van der Waals surface area contributed by atoms with Crippen molar-refractivity contribution in [1.29, 1.82) is 0 Å². The molecule has 0 saturated carbocycles. The molecule has 0 N–H and O–H groups in total. The van der Waals surface area contributed by atoms with Crippen LogP contribution in [0.25, 0.3) is 0 Å². The first-order valence-corrected chi connectivity index (χ1v) is 7.92. The van der Waals surface area contributed by atoms with Crippen molar-refractivity contribution in [2.75, 3.05) is 21.3 Å². The van der Waals surface area contributed by atoms with Crippen molar-refractivity contribution in [3.8, 4) is 17.2 Å². The molecule has 0 bridgehead atoms. The average molecular weight is 324 g/mol. The molecule has 0 heterocycles. The summed E-state index contributed by atoms with van der Waals surface area (Å²) in [6.07, 6.45) is 0.708. The van der Waals surface area contributed by atoms with Crippen molar-refractivity contribution in [3.05, 3.63) is 17.7 Å². The fourth-order valence-electron chi connectivity index (χ4n) is 2.61. The quantitative estimate of drug-likeness (QED) is 0.704. The number of hydrogen-bond acceptors (Lipinski definition) is 4. The smallest absolute Gasteiger partial charge is 0.131 e. The van der Waals surface area contributed by atoms with Gasteiger partial charge < -0.3 is 14.2 Å². The maximum atomic E-state index is 13.0. The van der Waals surface area contributed by atoms with Crippen LogP contribution in [0.15, 0.2) is 12.1 Å². The predicted octanol–water partition coefficient (Wildman–Crippen LogP) is 4.25. The van der Waals surface area contributed by atoms with Crippen molar-refractivity contribution >= 4 is 0 Å². The second-order valence-electron chi connectivity index (χ2n) is 7.09. The first-order chi connectivity index (χ1) is 10.6. The van der Waals surface area contributed by atoms with Gasteiger partial charge in [0.05, 0.1) is 32.9 Å². The molecule has 0 saturated heterocycles. The summed E-state index contributed by atoms with van der Waals surface area (Å²) in [6, 6.07) is 3.23. The zero-order chi connectivity index (χ0) is 17.8. The third-order valence-corrected chi connectivity index (χ3v) is 3.73. The average Bonchev–Trinajstić information content (AvgIpc) is 2.49. The van der Waals surface area contributed by atoms with Gasteiger partial charge in [-0.15, -0.1) is 10.3 Å². The SMILES string of the molecule is COc1cc(OC)c(C(CC(C)C)N([O])C(C)(C)C)c(OC)c1. The number of hydrogen-bond donors (Lipinski definition) is 0. The van der Waals surface area contributed by atoms with Crippen molar-refractivity contribution in [1.82, 2.24) is 5.06 Å². The molecule has 0 amide bonds. The molecule has 1 aromatic carbocycles. The van der Waals surface area contributed by atoms with Crippen LogP contribution in [0.3, 0.4) is 0 Å². The van der Waals surface area contributed by atoms with E-state index in [0.717, 1.165) is 10.6 Å². The van der Waals surface area contributed by atoms with Gasteiger partial charge in [-0.3, -0.25) is 0 Å². The minimum absolute atomic E-state index is 0.356. The van der Waals surface area contributed by atoms with E-state index in [1.54, 1.807) is 33.5 Å². The molecule has 0 aliphatic heterocycles. The molecule has 0 aliphatic rings. The predicted molar refractivity (Wildman–Crippen MR) is 90.6 cm³/mol. The van der Waals surface area contributed by atoms with Gasteiger partial charge in [0.25, 0.3) is 0 Å². The van der Waals surface area contributed by atoms with Crippen molar-refractivity contribution in [2.45, 2.75) is 52.6 Å². The fourth-order valence-corrected chi connectivity index (χ4v) is 2.61. The Morgan fingerprint density at radius 3 is 1.78 bits per heavy atom. The van der Waals surface area contributed by atoms with E-state index in [-0.39, 0.29) is 6.04 Å². The first-order valence-electron chi connectivity index (χ1n) is 7.92. The minimum Gasteiger partial charge on any atom is -0.496 e. The van der Waals surface area contributed by atoms with Gasteiger partial charge in [-0.1, -0.05) is 13.8 Å². The highest BCUT2D eigenvalue weighted by atomic mass is 16.5. The molecule has 1 radical (unpaired) electrons. The Kier molecular flexibility index (Phi) is 6.71. The lowest BCUT2D eigenvalue weighted by atomic mass is 9.92. The normalized spacial score (nSPS) is 13.3. The summed E-state index contributed by atoms with van der Waals surface area (Å²) in [6.45, 7) is 9.94. The van der Waals surface area contributed by atoms with E-state index < -0.39 is 5.54 Å². The lowest BCUT2D eigenvalue weighted by molar-refractivity contribution is -0.245. The molecule has 1 aromatic rings. The van der Waals surface area contributed by atoms with Crippen LogP contribution in [-0.4, -0.2) is 31.9 Å². The van der Waals surface area contributed by atoms with E-state index in [1.165, 1.54) is 0 Å². The van der Waals surface area contributed by atoms with Gasteiger partial charge in [0, 0.05) is 17.7 Å². The van der Waals surface area contributed by atoms with Crippen LogP contribution in [0.1, 0.15) is 52.6 Å². The summed E-state index contributed by atoms with van der Waals surface area (Å²) in [5.41, 5.74) is 0.254. The Morgan fingerprint density at radius 1 is 1.00 bits per heavy atom. The minimum atomic E-state index is -0.518. The summed E-state index contributed by atoms with van der Waals surface area (Å²) in [5, 5.41) is 14.1. The summed E-state index contributed by atoms with van der Waals surface area (Å²) in [4.78, 5) is 0. The monoisotopic (exact) mass is 324 g/mol. The second kappa shape index (κ2) is 7.88. The third-order valence-electron chi connectivity index (χ3n) is 3.73. The molecule has 5 heteroatoms. The largest absolute Gasteiger partial charge is 0.496 e. The summed E-state index contributed by atoms with van der Waals surface area (Å²) in [7, 11) is 4.78. The van der Waals surface area contributed by atoms with Crippen LogP contribution < -0.4 is 14.2 Å². The molecule has 0 fully saturated rings. The molecule has 131 valence electrons. The molecule has 5 nitrogen and oxygen atoms in total. The number of rotatable bonds is 7. The van der Waals surface area contributed by atoms with Crippen LogP contribution in [0.5, 0.6) is 17.2 Å². The second-order valence-corrected chi connectivity index (χ2v) is 7.09. The topological polar surface area (TPSA) is 50.8 Å². The first kappa shape index (κ1) is 19.6. The Morgan fingerprint density at radius 2 is 1.48 bits per heavy atom. The highest BCUT2D eigenvalue weighted by Gasteiger charge is 2.35. The molecular formula is C18H30NO4. The molecule has 1 unspecified atom stereocenters. The summed E-state index contributed by atoms with van der Waals surface area (Å²) in [5.74, 6) is 2.21. The van der Waals surface area contributed by atoms with Crippen LogP contribution in [0, 0.1) is 5.92 Å². The van der Waals surface area contributed by atoms with E-state index in [1.807, 2.05) is 20.8 Å². The Hall–Kier alpha value is -1.46. The number of nitrogens with zero attached hydrogens (tertiary/aromatic N) is 1. The zero-order valence-corrected chi connectivity index (χ0v) is 15.6. The summed E-state index contributed by atoms with van der Waals surface area (Å²) >= 11 is 0. The van der Waals surface area contributed by atoms with E-state index in [4.69, 9.17) is 14.2 Å². The third kappa shape index (κ3) is 4.75. The van der Waals surface area contributed by atoms with Crippen LogP contribution >= 0.6 is 0 Å². The van der Waals surface area contributed by atoms with Gasteiger partial charge in [-0.05, 0) is 33.1 Å². The van der Waals surface area contributed by atoms with Crippen molar-refractivity contribution in [2.24, 2.45) is 5.92 Å². The van der Waals surface area contributed by atoms with Crippen molar-refractivity contribution < 1.29 is 19.4 Å². The summed E-state index contributed by atoms with van der Waals surface area (Å²) < 4.78 is 16.4. The molecule has 23 heavy (non-hydrogen) atoms. The lowest BCUT2D eigenvalue weighted by Gasteiger charge is -2.36. The van der Waals surface area contributed by atoms with Crippen LogP contribution in [-0.2, 0) is 5.21 Å². The standard InChI is InChI=1S/C18H30NO4/c1-12(2)9-14(19(20)18(3,4)5)17-15(22-7)10-13(21-6)11-16(17)23-8/h10-12,14H,9H2,1-8H3. The van der Waals surface area contributed by atoms with Crippen LogP contribution in [0.2, 0.25) is 0 Å². The Labute approximate surface area is 140 Å². The van der Waals surface area contributed by atoms with Gasteiger partial charge in [-0.2, -0.15) is 0 Å². The number of methoxy groups -OCH3 is 3. The number of benzene rings is 1. The van der Waals surface area contributed by atoms with Crippen molar-refractivity contribution in [3.63, 3.8) is 0 Å². The zero-order valence-electron chi connectivity index (χ0n) is 15.6. The molecular weight excluding hydrogens is 294 g/mol. The van der Waals surface area contributed by atoms with E-state index in [9.17, 15) is 5.21 Å². The Balaban J connectivity index is 3.50. The van der Waals surface area contributed by atoms with Gasteiger partial charge in [0.15, 0.2) is 0 Å². The molecule has 0 aromatic heterocycles. The fraction of sp³-hybridized carbons (Fsp3) is 0.667. The van der Waals surface area contributed by atoms with Gasteiger partial charge in [-0.25, -0.2) is 0 Å². The van der Waals surface area contributed by atoms with Gasteiger partial charge >= 0.3 is 0 Å². The molecule has 1 rings (SSSR count). The van der Waals surface area contributed by atoms with Gasteiger partial charge in [0.2, 0.25) is 0 Å². The van der Waals surface area contributed by atoms with Crippen LogP contribution in [0.4, 0.5) is 0 Å². The van der Waals surface area contributed by atoms with E-state index in [0.29, 0.717) is 29.6 Å². The number of hydroxylamine groups is 2. The maximum Gasteiger partial charge on any atom is 0.131 e.